The van der Waals surface area contributed by atoms with Crippen LogP contribution >= 0.6 is 0 Å². The van der Waals surface area contributed by atoms with Gasteiger partial charge in [-0.25, -0.2) is 0 Å². The lowest BCUT2D eigenvalue weighted by Gasteiger charge is -2.35. The van der Waals surface area contributed by atoms with Gasteiger partial charge in [-0.05, 0) is 51.2 Å². The summed E-state index contributed by atoms with van der Waals surface area (Å²) in [6, 6.07) is 8.52. The largest absolute Gasteiger partial charge is 0.396 e. The number of para-hydroxylation sites is 1. The van der Waals surface area contributed by atoms with Crippen LogP contribution in [-0.4, -0.2) is 64.2 Å². The number of aliphatic hydroxyl groups is 1. The van der Waals surface area contributed by atoms with E-state index >= 15 is 0 Å². The van der Waals surface area contributed by atoms with E-state index < -0.39 is 29.1 Å². The summed E-state index contributed by atoms with van der Waals surface area (Å²) < 4.78 is 6.60. The van der Waals surface area contributed by atoms with Crippen molar-refractivity contribution in [3.63, 3.8) is 0 Å². The van der Waals surface area contributed by atoms with Crippen LogP contribution in [0.5, 0.6) is 0 Å². The van der Waals surface area contributed by atoms with Crippen molar-refractivity contribution >= 4 is 23.4 Å². The topological polar surface area (TPSA) is 108 Å². The number of ether oxygens (including phenoxy) is 1. The first kappa shape index (κ1) is 23.3. The Bertz CT molecular complexity index is 949. The number of hydrogen-bond acceptors (Lipinski definition) is 5. The molecule has 184 valence electrons. The van der Waals surface area contributed by atoms with Gasteiger partial charge in [0.05, 0.1) is 17.4 Å². The molecule has 1 aliphatic carbocycles. The smallest absolute Gasteiger partial charge is 0.246 e. The molecule has 3 heterocycles. The van der Waals surface area contributed by atoms with Crippen LogP contribution in [0.25, 0.3) is 0 Å². The van der Waals surface area contributed by atoms with E-state index in [-0.39, 0.29) is 36.9 Å². The average Bonchev–Trinajstić information content (AvgIpc) is 3.39. The second kappa shape index (κ2) is 8.96. The van der Waals surface area contributed by atoms with E-state index in [9.17, 15) is 19.5 Å². The number of nitrogens with one attached hydrogen (secondary N) is 2. The highest BCUT2D eigenvalue weighted by atomic mass is 16.5. The molecule has 5 atom stereocenters. The number of benzene rings is 1. The predicted molar refractivity (Wildman–Crippen MR) is 126 cm³/mol. The number of rotatable bonds is 7. The maximum atomic E-state index is 13.8. The van der Waals surface area contributed by atoms with Gasteiger partial charge >= 0.3 is 0 Å². The number of carbonyl (C=O) groups excluding carboxylic acids is 3. The standard InChI is InChI=1S/C26H35N3O5/c1-25-13-14-26(34-25)20(19(25)22(31)27-17-9-4-2-5-10-17)24(33)29(15-8-16-30)21(26)23(32)28-18-11-6-3-7-12-18/h2,4-5,9-10,18-21,30H,3,6-8,11-16H2,1H3,(H,27,31)(H,28,32)/t19-,20+,21?,25+,26?/m1/s1. The Morgan fingerprint density at radius 2 is 1.85 bits per heavy atom. The van der Waals surface area contributed by atoms with Crippen molar-refractivity contribution in [3.05, 3.63) is 30.3 Å². The number of nitrogens with zero attached hydrogens (tertiary/aromatic N) is 1. The van der Waals surface area contributed by atoms with Gasteiger partial charge < -0.3 is 25.4 Å². The monoisotopic (exact) mass is 469 g/mol. The van der Waals surface area contributed by atoms with Gasteiger partial charge in [0.2, 0.25) is 17.7 Å². The summed E-state index contributed by atoms with van der Waals surface area (Å²) in [5.41, 5.74) is -1.15. The molecule has 1 aromatic rings. The zero-order valence-corrected chi connectivity index (χ0v) is 19.8. The summed E-state index contributed by atoms with van der Waals surface area (Å²) in [6.07, 6.45) is 6.81. The lowest BCUT2D eigenvalue weighted by Crippen LogP contribution is -2.57. The summed E-state index contributed by atoms with van der Waals surface area (Å²) in [5, 5.41) is 15.6. The second-order valence-corrected chi connectivity index (χ2v) is 10.5. The molecule has 8 nitrogen and oxygen atoms in total. The SMILES string of the molecule is C[C@@]12CCC3(O1)C(C(=O)NC1CCCCC1)N(CCCO)C(=O)[C@@H]3[C@@H]2C(=O)Nc1ccccc1. The molecule has 1 spiro atoms. The van der Waals surface area contributed by atoms with Gasteiger partial charge in [0.15, 0.2) is 0 Å². The van der Waals surface area contributed by atoms with Gasteiger partial charge in [-0.2, -0.15) is 0 Å². The van der Waals surface area contributed by atoms with Crippen LogP contribution in [0.15, 0.2) is 30.3 Å². The molecule has 4 fully saturated rings. The van der Waals surface area contributed by atoms with Crippen LogP contribution in [0.3, 0.4) is 0 Å². The molecule has 3 saturated heterocycles. The molecule has 34 heavy (non-hydrogen) atoms. The normalized spacial score (nSPS) is 34.8. The maximum Gasteiger partial charge on any atom is 0.246 e. The Labute approximate surface area is 200 Å². The first-order valence-corrected chi connectivity index (χ1v) is 12.7. The minimum Gasteiger partial charge on any atom is -0.396 e. The van der Waals surface area contributed by atoms with Crippen LogP contribution < -0.4 is 10.6 Å². The third kappa shape index (κ3) is 3.71. The quantitative estimate of drug-likeness (QED) is 0.568. The van der Waals surface area contributed by atoms with Crippen molar-refractivity contribution in [2.75, 3.05) is 18.5 Å². The number of hydrogen-bond donors (Lipinski definition) is 3. The summed E-state index contributed by atoms with van der Waals surface area (Å²) in [6.45, 7) is 2.09. The van der Waals surface area contributed by atoms with E-state index in [0.717, 1.165) is 25.7 Å². The average molecular weight is 470 g/mol. The second-order valence-electron chi connectivity index (χ2n) is 10.5. The number of amides is 3. The fourth-order valence-electron chi connectivity index (χ4n) is 6.88. The highest BCUT2D eigenvalue weighted by molar-refractivity contribution is 6.02. The van der Waals surface area contributed by atoms with Crippen molar-refractivity contribution < 1.29 is 24.2 Å². The fraction of sp³-hybridized carbons (Fsp3) is 0.654. The molecule has 3 aliphatic heterocycles. The Balaban J connectivity index is 1.45. The Kier molecular flexibility index (Phi) is 6.14. The highest BCUT2D eigenvalue weighted by Gasteiger charge is 2.77. The molecule has 8 heteroatoms. The number of aliphatic hydroxyl groups excluding tert-OH is 1. The Morgan fingerprint density at radius 3 is 2.56 bits per heavy atom. The molecule has 3 N–H and O–H groups in total. The lowest BCUT2D eigenvalue weighted by molar-refractivity contribution is -0.145. The van der Waals surface area contributed by atoms with Gasteiger partial charge in [-0.3, -0.25) is 14.4 Å². The summed E-state index contributed by atoms with van der Waals surface area (Å²) in [7, 11) is 0. The molecule has 2 unspecified atom stereocenters. The molecule has 1 aromatic carbocycles. The number of anilines is 1. The van der Waals surface area contributed by atoms with Gasteiger partial charge in [-0.15, -0.1) is 0 Å². The predicted octanol–water partition coefficient (Wildman–Crippen LogP) is 2.22. The first-order chi connectivity index (χ1) is 16.4. The Hall–Kier alpha value is -2.45. The van der Waals surface area contributed by atoms with Gasteiger partial charge in [0, 0.05) is 24.9 Å². The van der Waals surface area contributed by atoms with E-state index in [1.165, 1.54) is 6.42 Å². The number of fused-ring (bicyclic) bond motifs is 1. The third-order valence-corrected chi connectivity index (χ3v) is 8.36. The molecule has 1 saturated carbocycles. The minimum absolute atomic E-state index is 0.0745. The highest BCUT2D eigenvalue weighted by Crippen LogP contribution is 2.63. The van der Waals surface area contributed by atoms with Crippen molar-refractivity contribution in [1.29, 1.82) is 0 Å². The number of carbonyl (C=O) groups is 3. The van der Waals surface area contributed by atoms with E-state index in [1.807, 2.05) is 37.3 Å². The molecular weight excluding hydrogens is 434 g/mol. The zero-order chi connectivity index (χ0) is 23.9. The summed E-state index contributed by atoms with van der Waals surface area (Å²) in [4.78, 5) is 42.6. The lowest BCUT2D eigenvalue weighted by atomic mass is 9.66. The van der Waals surface area contributed by atoms with Crippen molar-refractivity contribution in [2.45, 2.75) is 81.6 Å². The van der Waals surface area contributed by atoms with Gasteiger partial charge in [-0.1, -0.05) is 37.5 Å². The summed E-state index contributed by atoms with van der Waals surface area (Å²) >= 11 is 0. The van der Waals surface area contributed by atoms with E-state index in [1.54, 1.807) is 4.90 Å². The van der Waals surface area contributed by atoms with Crippen molar-refractivity contribution in [3.8, 4) is 0 Å². The van der Waals surface area contributed by atoms with Gasteiger partial charge in [0.1, 0.15) is 11.6 Å². The molecule has 5 rings (SSSR count). The van der Waals surface area contributed by atoms with E-state index in [0.29, 0.717) is 24.9 Å². The summed E-state index contributed by atoms with van der Waals surface area (Å²) in [5.74, 6) is -2.04. The van der Waals surface area contributed by atoms with Crippen molar-refractivity contribution in [1.82, 2.24) is 10.2 Å². The molecule has 0 aromatic heterocycles. The fourth-order valence-corrected chi connectivity index (χ4v) is 6.88. The van der Waals surface area contributed by atoms with Crippen molar-refractivity contribution in [2.24, 2.45) is 11.8 Å². The first-order valence-electron chi connectivity index (χ1n) is 12.7. The van der Waals surface area contributed by atoms with E-state index in [4.69, 9.17) is 4.74 Å². The minimum atomic E-state index is -1.02. The molecule has 0 radical (unpaired) electrons. The molecular formula is C26H35N3O5. The molecule has 2 bridgehead atoms. The van der Waals surface area contributed by atoms with E-state index in [2.05, 4.69) is 10.6 Å². The van der Waals surface area contributed by atoms with Crippen LogP contribution in [0.2, 0.25) is 0 Å². The third-order valence-electron chi connectivity index (χ3n) is 8.36. The van der Waals surface area contributed by atoms with Gasteiger partial charge in [0.25, 0.3) is 0 Å². The molecule has 4 aliphatic rings. The zero-order valence-electron chi connectivity index (χ0n) is 19.8. The Morgan fingerprint density at radius 1 is 1.12 bits per heavy atom. The van der Waals surface area contributed by atoms with Crippen LogP contribution in [0.4, 0.5) is 5.69 Å². The maximum absolute atomic E-state index is 13.8. The van der Waals surface area contributed by atoms with Crippen LogP contribution in [0, 0.1) is 11.8 Å². The van der Waals surface area contributed by atoms with Crippen LogP contribution in [-0.2, 0) is 19.1 Å². The molecule has 3 amide bonds. The number of likely N-dealkylation sites (tertiary alicyclic amines) is 1. The van der Waals surface area contributed by atoms with Crippen LogP contribution in [0.1, 0.15) is 58.3 Å².